The Morgan fingerprint density at radius 1 is 0.692 bits per heavy atom. The van der Waals surface area contributed by atoms with E-state index in [0.29, 0.717) is 35.7 Å². The van der Waals surface area contributed by atoms with Crippen molar-refractivity contribution < 1.29 is 40.1 Å². The van der Waals surface area contributed by atoms with E-state index in [2.05, 4.69) is 75.1 Å². The van der Waals surface area contributed by atoms with Crippen molar-refractivity contribution in [1.29, 1.82) is 0 Å². The fourth-order valence-corrected chi connectivity index (χ4v) is 11.3. The maximum absolute atomic E-state index is 10.3. The summed E-state index contributed by atoms with van der Waals surface area (Å²) >= 11 is 0. The fraction of sp³-hybridized carbons (Fsp3) is 0.893. The molecule has 5 aliphatic rings. The van der Waals surface area contributed by atoms with Gasteiger partial charge in [-0.05, 0) is 117 Å². The van der Waals surface area contributed by atoms with Crippen LogP contribution in [0.4, 0.5) is 0 Å². The first-order valence-corrected chi connectivity index (χ1v) is 25.5. The summed E-state index contributed by atoms with van der Waals surface area (Å²) in [5.41, 5.74) is -0.913. The molecule has 0 aromatic rings. The average Bonchev–Trinajstić information content (AvgIpc) is 3.28. The Hall–Kier alpha value is -1.04. The van der Waals surface area contributed by atoms with Crippen LogP contribution in [0.3, 0.4) is 0 Å². The summed E-state index contributed by atoms with van der Waals surface area (Å²) in [5.74, 6) is 1.03. The third kappa shape index (κ3) is 16.5. The van der Waals surface area contributed by atoms with Crippen molar-refractivity contribution in [3.8, 4) is 0 Å². The second-order valence-corrected chi connectivity index (χ2v) is 22.4. The van der Waals surface area contributed by atoms with E-state index in [1.54, 1.807) is 20.3 Å². The highest BCUT2D eigenvalue weighted by Crippen LogP contribution is 2.63. The van der Waals surface area contributed by atoms with Crippen LogP contribution < -0.4 is 0 Å². The zero-order chi connectivity index (χ0) is 48.9. The Kier molecular flexibility index (Phi) is 25.6. The van der Waals surface area contributed by atoms with Crippen LogP contribution >= 0.6 is 0 Å². The maximum Gasteiger partial charge on any atom is 0.164 e. The SMILES string of the molecule is C.C=C[C@@H](C)[C@@H]1OC(C)(C)O[C@H](C2CCCCC2)[C@H]1C.C=C[C@@H](C)[C@H](O)[C@H](C)[C@H](O)C1CCCCC1.COC(C)(C)OC.[B]C1(C)C(C)(C2CCCCC2)OC(C)(C)OC1(C)[C@H](C)C=C.[HH]. The lowest BCUT2D eigenvalue weighted by Gasteiger charge is -2.66. The molecule has 2 aliphatic heterocycles. The summed E-state index contributed by atoms with van der Waals surface area (Å²) in [7, 11) is 10.2. The number of aliphatic hydroxyl groups is 2. The van der Waals surface area contributed by atoms with E-state index >= 15 is 0 Å². The number of rotatable bonds is 13. The van der Waals surface area contributed by atoms with Crippen LogP contribution in [-0.4, -0.2) is 85.3 Å². The summed E-state index contributed by atoms with van der Waals surface area (Å²) in [6, 6.07) is 0. The Bertz CT molecular complexity index is 1360. The summed E-state index contributed by atoms with van der Waals surface area (Å²) in [5, 5.41) is 19.7. The molecule has 2 radical (unpaired) electrons. The van der Waals surface area contributed by atoms with Crippen molar-refractivity contribution in [2.75, 3.05) is 14.2 Å². The van der Waals surface area contributed by atoms with Gasteiger partial charge in [-0.2, -0.15) is 0 Å². The standard InChI is InChI=1S/C19H33BO2.C17H30O2.C14H26O2.C5H12O2.CH4.H2/c1-8-14(2)17(5)19(7,20)18(6,22-16(3,4)21-17)15-12-10-9-11-13-15;1-6-12(2)15-13(3)16(19-17(4,5)18-15)14-10-8-7-9-11-14;1-4-10(2)13(15)11(3)14(16)12-8-6-5-7-9-12;1-5(2,6-3)7-4;;/h8,14-15H,1,9-13H2,2-7H3;6,12-16H,1,7-11H2,2-5H3;4,10-16H,1,5-9H2,2-3H3;1-4H3;1H4;1H/t14-,17?,18?,19?;12-,13+,15+,16+;10-,11+,13+,14+;;;/m111.../s1. The molecule has 5 fully saturated rings. The highest BCUT2D eigenvalue weighted by molar-refractivity contribution is 6.17. The molecule has 9 heteroatoms. The van der Waals surface area contributed by atoms with Crippen molar-refractivity contribution in [2.45, 2.75) is 259 Å². The molecule has 0 amide bonds. The van der Waals surface area contributed by atoms with Gasteiger partial charge in [-0.1, -0.05) is 125 Å². The molecule has 3 unspecified atom stereocenters. The van der Waals surface area contributed by atoms with Gasteiger partial charge in [0, 0.05) is 45.2 Å². The predicted octanol–water partition coefficient (Wildman–Crippen LogP) is 14.2. The number of aliphatic hydroxyl groups excluding tert-OH is 2. The Balaban J connectivity index is 0.000000890. The molecule has 65 heavy (non-hydrogen) atoms. The summed E-state index contributed by atoms with van der Waals surface area (Å²) in [6.07, 6.45) is 24.4. The molecule has 0 spiro atoms. The predicted molar refractivity (Wildman–Crippen MR) is 276 cm³/mol. The van der Waals surface area contributed by atoms with Gasteiger partial charge in [-0.15, -0.1) is 19.7 Å². The minimum absolute atomic E-state index is 0. The van der Waals surface area contributed by atoms with E-state index in [0.717, 1.165) is 12.8 Å². The summed E-state index contributed by atoms with van der Waals surface area (Å²) < 4.78 is 35.1. The van der Waals surface area contributed by atoms with E-state index in [9.17, 15) is 10.2 Å². The smallest absolute Gasteiger partial charge is 0.164 e. The van der Waals surface area contributed by atoms with Crippen molar-refractivity contribution in [3.63, 3.8) is 0 Å². The lowest BCUT2D eigenvalue weighted by Crippen LogP contribution is -2.69. The second-order valence-electron chi connectivity index (χ2n) is 22.4. The lowest BCUT2D eigenvalue weighted by molar-refractivity contribution is -0.390. The van der Waals surface area contributed by atoms with Crippen molar-refractivity contribution in [3.05, 3.63) is 38.0 Å². The number of hydrogen-bond acceptors (Lipinski definition) is 8. The van der Waals surface area contributed by atoms with Gasteiger partial charge in [0.1, 0.15) is 0 Å². The number of methoxy groups -OCH3 is 2. The van der Waals surface area contributed by atoms with Crippen LogP contribution in [0.2, 0.25) is 5.31 Å². The van der Waals surface area contributed by atoms with Crippen molar-refractivity contribution in [1.82, 2.24) is 0 Å². The maximum atomic E-state index is 10.3. The lowest BCUT2D eigenvalue weighted by atomic mass is 9.45. The zero-order valence-corrected chi connectivity index (χ0v) is 44.3. The van der Waals surface area contributed by atoms with Crippen LogP contribution in [-0.2, 0) is 28.4 Å². The minimum atomic E-state index is -0.642. The Labute approximate surface area is 405 Å². The summed E-state index contributed by atoms with van der Waals surface area (Å²) in [6.45, 7) is 40.4. The highest BCUT2D eigenvalue weighted by atomic mass is 16.7. The largest absolute Gasteiger partial charge is 0.392 e. The summed E-state index contributed by atoms with van der Waals surface area (Å²) in [4.78, 5) is 0. The Morgan fingerprint density at radius 2 is 1.17 bits per heavy atom. The highest BCUT2D eigenvalue weighted by Gasteiger charge is 2.64. The molecule has 0 aromatic carbocycles. The van der Waals surface area contributed by atoms with Gasteiger partial charge in [0.15, 0.2) is 17.4 Å². The van der Waals surface area contributed by atoms with E-state index < -0.39 is 40.0 Å². The van der Waals surface area contributed by atoms with E-state index in [4.69, 9.17) is 36.3 Å². The van der Waals surface area contributed by atoms with Gasteiger partial charge >= 0.3 is 0 Å². The van der Waals surface area contributed by atoms with E-state index in [1.165, 1.54) is 83.5 Å². The first kappa shape index (κ1) is 62.0. The molecule has 3 saturated carbocycles. The molecule has 5 rings (SSSR count). The fourth-order valence-electron chi connectivity index (χ4n) is 11.3. The number of ether oxygens (including phenoxy) is 6. The number of hydrogen-bond donors (Lipinski definition) is 2. The monoisotopic (exact) mass is 919 g/mol. The zero-order valence-electron chi connectivity index (χ0n) is 44.3. The Morgan fingerprint density at radius 3 is 1.60 bits per heavy atom. The molecule has 2 heterocycles. The van der Waals surface area contributed by atoms with Gasteiger partial charge in [0.05, 0.1) is 43.5 Å². The van der Waals surface area contributed by atoms with Crippen LogP contribution in [0.5, 0.6) is 0 Å². The third-order valence-corrected chi connectivity index (χ3v) is 16.6. The molecule has 2 N–H and O–H groups in total. The quantitative estimate of drug-likeness (QED) is 0.107. The van der Waals surface area contributed by atoms with Gasteiger partial charge < -0.3 is 38.6 Å². The van der Waals surface area contributed by atoms with Crippen LogP contribution in [0.15, 0.2) is 38.0 Å². The molecule has 0 aromatic heterocycles. The van der Waals surface area contributed by atoms with Crippen molar-refractivity contribution >= 4 is 7.85 Å². The second kappa shape index (κ2) is 26.8. The first-order valence-electron chi connectivity index (χ1n) is 25.5. The molecule has 3 aliphatic carbocycles. The molecule has 12 atom stereocenters. The molecular weight excluding hydrogens is 811 g/mol. The molecule has 8 nitrogen and oxygen atoms in total. The molecule has 0 bridgehead atoms. The topological polar surface area (TPSA) is 95.8 Å². The van der Waals surface area contributed by atoms with Crippen molar-refractivity contribution in [2.24, 2.45) is 47.3 Å². The van der Waals surface area contributed by atoms with E-state index in [-0.39, 0.29) is 38.8 Å². The van der Waals surface area contributed by atoms with Gasteiger partial charge in [-0.25, -0.2) is 0 Å². The molecule has 2 saturated heterocycles. The van der Waals surface area contributed by atoms with Crippen LogP contribution in [0.25, 0.3) is 0 Å². The van der Waals surface area contributed by atoms with E-state index in [1.807, 2.05) is 53.7 Å². The van der Waals surface area contributed by atoms with Gasteiger partial charge in [0.25, 0.3) is 0 Å². The normalized spacial score (nSPS) is 33.7. The van der Waals surface area contributed by atoms with Gasteiger partial charge in [-0.3, -0.25) is 0 Å². The average molecular weight is 919 g/mol. The third-order valence-electron chi connectivity index (χ3n) is 16.6. The first-order chi connectivity index (χ1) is 29.6. The molecule has 382 valence electrons. The molecular formula is C56H107BO8. The van der Waals surface area contributed by atoms with Crippen LogP contribution in [0.1, 0.15) is 202 Å². The van der Waals surface area contributed by atoms with Gasteiger partial charge in [0.2, 0.25) is 0 Å². The van der Waals surface area contributed by atoms with Crippen LogP contribution in [0, 0.1) is 47.3 Å². The minimum Gasteiger partial charge on any atom is -0.392 e.